The van der Waals surface area contributed by atoms with Gasteiger partial charge < -0.3 is 5.11 Å². The maximum atomic E-state index is 12.3. The molecule has 108 valence electrons. The van der Waals surface area contributed by atoms with Crippen LogP contribution in [-0.4, -0.2) is 29.7 Å². The highest BCUT2D eigenvalue weighted by molar-refractivity contribution is 7.94. The van der Waals surface area contributed by atoms with Crippen molar-refractivity contribution in [2.45, 2.75) is 4.21 Å². The van der Waals surface area contributed by atoms with Crippen molar-refractivity contribution in [3.8, 4) is 0 Å². The molecule has 3 aromatic rings. The summed E-state index contributed by atoms with van der Waals surface area (Å²) >= 11 is 0.857. The Kier molecular flexibility index (Phi) is 3.15. The number of aromatic carboxylic acids is 1. The average molecular weight is 323 g/mol. The van der Waals surface area contributed by atoms with E-state index in [9.17, 15) is 13.2 Å². The van der Waals surface area contributed by atoms with E-state index in [1.54, 1.807) is 18.2 Å². The molecule has 2 aromatic heterocycles. The standard InChI is InChI=1S/C12H9N3O4S2/c16-12(17)7-4-11(20-6-7)21(18,19)15-10-3-1-2-9-8(10)5-13-14-9/h1-6,15H,(H,13,14)(H,16,17). The monoisotopic (exact) mass is 323 g/mol. The molecule has 0 aliphatic carbocycles. The Morgan fingerprint density at radius 2 is 2.19 bits per heavy atom. The molecular weight excluding hydrogens is 314 g/mol. The van der Waals surface area contributed by atoms with Crippen molar-refractivity contribution in [2.75, 3.05) is 4.72 Å². The third kappa shape index (κ3) is 2.48. The normalized spacial score (nSPS) is 11.6. The third-order valence-corrected chi connectivity index (χ3v) is 5.62. The van der Waals surface area contributed by atoms with Crippen molar-refractivity contribution < 1.29 is 18.3 Å². The molecule has 3 rings (SSSR count). The Balaban J connectivity index is 1.99. The van der Waals surface area contributed by atoms with E-state index in [0.29, 0.717) is 16.6 Å². The lowest BCUT2D eigenvalue weighted by atomic mass is 10.2. The van der Waals surface area contributed by atoms with Crippen LogP contribution in [0.25, 0.3) is 10.9 Å². The number of rotatable bonds is 4. The number of thiophene rings is 1. The van der Waals surface area contributed by atoms with E-state index in [1.807, 2.05) is 0 Å². The fourth-order valence-corrected chi connectivity index (χ4v) is 4.06. The first-order valence-electron chi connectivity index (χ1n) is 5.74. The van der Waals surface area contributed by atoms with E-state index >= 15 is 0 Å². The number of hydrogen-bond acceptors (Lipinski definition) is 5. The minimum Gasteiger partial charge on any atom is -0.478 e. The summed E-state index contributed by atoms with van der Waals surface area (Å²) in [6, 6.07) is 6.20. The fraction of sp³-hybridized carbons (Fsp3) is 0. The fourth-order valence-electron chi connectivity index (χ4n) is 1.82. The number of carboxylic acids is 1. The first kappa shape index (κ1) is 13.6. The van der Waals surface area contributed by atoms with Gasteiger partial charge in [0.25, 0.3) is 10.0 Å². The second-order valence-corrected chi connectivity index (χ2v) is 7.02. The lowest BCUT2D eigenvalue weighted by Gasteiger charge is -2.06. The lowest BCUT2D eigenvalue weighted by molar-refractivity contribution is 0.0697. The maximum Gasteiger partial charge on any atom is 0.336 e. The highest BCUT2D eigenvalue weighted by atomic mass is 32.2. The molecule has 0 atom stereocenters. The molecule has 7 nitrogen and oxygen atoms in total. The van der Waals surface area contributed by atoms with Gasteiger partial charge in [-0.05, 0) is 18.2 Å². The molecule has 0 radical (unpaired) electrons. The van der Waals surface area contributed by atoms with Gasteiger partial charge in [-0.3, -0.25) is 9.82 Å². The van der Waals surface area contributed by atoms with Gasteiger partial charge in [0, 0.05) is 10.8 Å². The summed E-state index contributed by atoms with van der Waals surface area (Å²) in [5.41, 5.74) is 1.03. The summed E-state index contributed by atoms with van der Waals surface area (Å²) in [4.78, 5) is 10.8. The van der Waals surface area contributed by atoms with Gasteiger partial charge in [-0.15, -0.1) is 11.3 Å². The Bertz CT molecular complexity index is 927. The Labute approximate surface area is 123 Å². The average Bonchev–Trinajstić information content (AvgIpc) is 3.08. The summed E-state index contributed by atoms with van der Waals surface area (Å²) in [5, 5.41) is 17.4. The maximum absolute atomic E-state index is 12.3. The number of sulfonamides is 1. The van der Waals surface area contributed by atoms with Crippen molar-refractivity contribution in [1.82, 2.24) is 10.2 Å². The van der Waals surface area contributed by atoms with E-state index in [4.69, 9.17) is 5.11 Å². The van der Waals surface area contributed by atoms with Crippen LogP contribution in [0.3, 0.4) is 0 Å². The SMILES string of the molecule is O=C(O)c1csc(S(=O)(=O)Nc2cccc3[nH]ncc23)c1. The van der Waals surface area contributed by atoms with Crippen molar-refractivity contribution in [3.05, 3.63) is 41.4 Å². The number of nitrogens with zero attached hydrogens (tertiary/aromatic N) is 1. The highest BCUT2D eigenvalue weighted by Crippen LogP contribution is 2.27. The van der Waals surface area contributed by atoms with Crippen LogP contribution < -0.4 is 4.72 Å². The van der Waals surface area contributed by atoms with Crippen LogP contribution in [0, 0.1) is 0 Å². The molecule has 3 N–H and O–H groups in total. The number of hydrogen-bond donors (Lipinski definition) is 3. The molecule has 0 saturated heterocycles. The van der Waals surface area contributed by atoms with Crippen molar-refractivity contribution in [1.29, 1.82) is 0 Å². The number of nitrogens with one attached hydrogen (secondary N) is 2. The van der Waals surface area contributed by atoms with E-state index in [-0.39, 0.29) is 9.77 Å². The topological polar surface area (TPSA) is 112 Å². The predicted octanol–water partition coefficient (Wildman–Crippen LogP) is 2.12. The molecule has 0 unspecified atom stereocenters. The largest absolute Gasteiger partial charge is 0.478 e. The minimum absolute atomic E-state index is 0.0538. The Morgan fingerprint density at radius 1 is 1.38 bits per heavy atom. The quantitative estimate of drug-likeness (QED) is 0.681. The first-order chi connectivity index (χ1) is 9.97. The van der Waals surface area contributed by atoms with Crippen LogP contribution in [0.1, 0.15) is 10.4 Å². The second kappa shape index (κ2) is 4.86. The molecule has 21 heavy (non-hydrogen) atoms. The molecule has 0 aliphatic rings. The number of benzene rings is 1. The Morgan fingerprint density at radius 3 is 2.90 bits per heavy atom. The Hall–Kier alpha value is -2.39. The summed E-state index contributed by atoms with van der Waals surface area (Å²) in [6.07, 6.45) is 1.52. The van der Waals surface area contributed by atoms with Crippen LogP contribution in [0.15, 0.2) is 40.1 Å². The van der Waals surface area contributed by atoms with Crippen LogP contribution in [0.4, 0.5) is 5.69 Å². The molecule has 0 bridgehead atoms. The minimum atomic E-state index is -3.83. The van der Waals surface area contributed by atoms with Gasteiger partial charge in [0.2, 0.25) is 0 Å². The number of H-pyrrole nitrogens is 1. The van der Waals surface area contributed by atoms with Crippen LogP contribution in [0.5, 0.6) is 0 Å². The molecular formula is C12H9N3O4S2. The van der Waals surface area contributed by atoms with Gasteiger partial charge in [-0.2, -0.15) is 5.10 Å². The number of aromatic amines is 1. The molecule has 9 heteroatoms. The summed E-state index contributed by atoms with van der Waals surface area (Å²) in [5.74, 6) is -1.16. The van der Waals surface area contributed by atoms with Crippen molar-refractivity contribution >= 4 is 43.9 Å². The van der Waals surface area contributed by atoms with Crippen molar-refractivity contribution in [2.24, 2.45) is 0 Å². The van der Waals surface area contributed by atoms with Gasteiger partial charge in [-0.1, -0.05) is 6.07 Å². The van der Waals surface area contributed by atoms with E-state index < -0.39 is 16.0 Å². The van der Waals surface area contributed by atoms with Gasteiger partial charge in [0.1, 0.15) is 4.21 Å². The van der Waals surface area contributed by atoms with E-state index in [2.05, 4.69) is 14.9 Å². The molecule has 0 aliphatic heterocycles. The molecule has 0 fully saturated rings. The summed E-state index contributed by atoms with van der Waals surface area (Å²) < 4.78 is 26.9. The van der Waals surface area contributed by atoms with Crippen LogP contribution >= 0.6 is 11.3 Å². The number of anilines is 1. The number of fused-ring (bicyclic) bond motifs is 1. The molecule has 0 amide bonds. The summed E-state index contributed by atoms with van der Waals surface area (Å²) in [7, 11) is -3.83. The van der Waals surface area contributed by atoms with Crippen molar-refractivity contribution in [3.63, 3.8) is 0 Å². The third-order valence-electron chi connectivity index (χ3n) is 2.82. The molecule has 0 spiro atoms. The zero-order valence-electron chi connectivity index (χ0n) is 10.4. The lowest BCUT2D eigenvalue weighted by Crippen LogP contribution is -2.11. The first-order valence-corrected chi connectivity index (χ1v) is 8.10. The van der Waals surface area contributed by atoms with E-state index in [1.165, 1.54) is 11.6 Å². The van der Waals surface area contributed by atoms with E-state index in [0.717, 1.165) is 17.4 Å². The van der Waals surface area contributed by atoms with Gasteiger partial charge in [0.15, 0.2) is 0 Å². The highest BCUT2D eigenvalue weighted by Gasteiger charge is 2.20. The van der Waals surface area contributed by atoms with Gasteiger partial charge in [0.05, 0.1) is 23.0 Å². The summed E-state index contributed by atoms with van der Waals surface area (Å²) in [6.45, 7) is 0. The van der Waals surface area contributed by atoms with Gasteiger partial charge in [-0.25, -0.2) is 13.2 Å². The zero-order chi connectivity index (χ0) is 15.0. The second-order valence-electron chi connectivity index (χ2n) is 4.20. The predicted molar refractivity (Wildman–Crippen MR) is 78.2 cm³/mol. The number of carboxylic acid groups (broad SMARTS) is 1. The molecule has 1 aromatic carbocycles. The zero-order valence-corrected chi connectivity index (χ0v) is 12.0. The van der Waals surface area contributed by atoms with Crippen LogP contribution in [0.2, 0.25) is 0 Å². The number of carbonyl (C=O) groups is 1. The smallest absolute Gasteiger partial charge is 0.336 e. The van der Waals surface area contributed by atoms with Gasteiger partial charge >= 0.3 is 5.97 Å². The number of aromatic nitrogens is 2. The molecule has 0 saturated carbocycles. The molecule has 2 heterocycles. The van der Waals surface area contributed by atoms with Crippen LogP contribution in [-0.2, 0) is 10.0 Å².